The standard InChI is InChI=1S/C24H19NO3S/c1-27-14-11-12-19(28-2)17(13-14)24-21-22(15-7-3-4-8-16(15)23(21)26)25-18-9-5-6-10-20(18)29-24/h3-13,24-25H,1-2H3. The Hall–Kier alpha value is -3.18. The highest BCUT2D eigenvalue weighted by atomic mass is 32.2. The van der Waals surface area contributed by atoms with Crippen molar-refractivity contribution in [3.63, 3.8) is 0 Å². The molecule has 1 aliphatic heterocycles. The fraction of sp³-hybridized carbons (Fsp3) is 0.125. The molecule has 0 amide bonds. The van der Waals surface area contributed by atoms with Gasteiger partial charge in [0.05, 0.1) is 30.9 Å². The molecule has 1 heterocycles. The number of hydrogen-bond acceptors (Lipinski definition) is 5. The van der Waals surface area contributed by atoms with Crippen LogP contribution in [0.1, 0.15) is 26.7 Å². The lowest BCUT2D eigenvalue weighted by Gasteiger charge is -2.20. The van der Waals surface area contributed by atoms with E-state index in [1.54, 1.807) is 26.0 Å². The molecule has 0 bridgehead atoms. The molecule has 0 aromatic heterocycles. The van der Waals surface area contributed by atoms with Crippen molar-refractivity contribution in [2.75, 3.05) is 19.5 Å². The summed E-state index contributed by atoms with van der Waals surface area (Å²) in [6.07, 6.45) is 0. The van der Waals surface area contributed by atoms with E-state index in [2.05, 4.69) is 11.4 Å². The molecule has 0 saturated heterocycles. The largest absolute Gasteiger partial charge is 0.497 e. The number of carbonyl (C=O) groups excluding carboxylic acids is 1. The number of nitrogens with one attached hydrogen (secondary N) is 1. The molecule has 3 aromatic rings. The Morgan fingerprint density at radius 1 is 0.897 bits per heavy atom. The number of ketones is 1. The van der Waals surface area contributed by atoms with Gasteiger partial charge in [-0.15, -0.1) is 11.8 Å². The van der Waals surface area contributed by atoms with Gasteiger partial charge in [-0.2, -0.15) is 0 Å². The van der Waals surface area contributed by atoms with E-state index in [1.165, 1.54) is 0 Å². The third-order valence-electron chi connectivity index (χ3n) is 5.33. The predicted octanol–water partition coefficient (Wildman–Crippen LogP) is 5.57. The third kappa shape index (κ3) is 2.81. The summed E-state index contributed by atoms with van der Waals surface area (Å²) in [5.41, 5.74) is 5.22. The van der Waals surface area contributed by atoms with E-state index in [4.69, 9.17) is 9.47 Å². The van der Waals surface area contributed by atoms with Crippen LogP contribution in [0.15, 0.2) is 77.2 Å². The number of methoxy groups -OCH3 is 2. The van der Waals surface area contributed by atoms with Crippen molar-refractivity contribution in [2.45, 2.75) is 10.1 Å². The fourth-order valence-electron chi connectivity index (χ4n) is 3.94. The van der Waals surface area contributed by atoms with Gasteiger partial charge in [0.2, 0.25) is 0 Å². The first kappa shape index (κ1) is 17.9. The molecule has 0 saturated carbocycles. The topological polar surface area (TPSA) is 47.6 Å². The zero-order chi connectivity index (χ0) is 20.0. The SMILES string of the molecule is COc1ccc(OC)c(C2Sc3ccccc3NC3=C2C(=O)c2ccccc23)c1. The van der Waals surface area contributed by atoms with Crippen molar-refractivity contribution in [3.05, 3.63) is 89.0 Å². The monoisotopic (exact) mass is 401 g/mol. The summed E-state index contributed by atoms with van der Waals surface area (Å²) in [6, 6.07) is 21.6. The van der Waals surface area contributed by atoms with Crippen LogP contribution in [0.5, 0.6) is 11.5 Å². The molecular formula is C24H19NO3S. The quantitative estimate of drug-likeness (QED) is 0.622. The first-order valence-corrected chi connectivity index (χ1v) is 10.2. The molecular weight excluding hydrogens is 382 g/mol. The lowest BCUT2D eigenvalue weighted by Crippen LogP contribution is -2.09. The van der Waals surface area contributed by atoms with Crippen molar-refractivity contribution in [1.29, 1.82) is 0 Å². The number of benzene rings is 3. The van der Waals surface area contributed by atoms with E-state index in [0.29, 0.717) is 0 Å². The van der Waals surface area contributed by atoms with Crippen molar-refractivity contribution >= 4 is 28.9 Å². The molecule has 0 fully saturated rings. The first-order valence-electron chi connectivity index (χ1n) is 9.34. The van der Waals surface area contributed by atoms with Crippen LogP contribution in [0.3, 0.4) is 0 Å². The highest BCUT2D eigenvalue weighted by molar-refractivity contribution is 8.00. The van der Waals surface area contributed by atoms with Gasteiger partial charge in [0.1, 0.15) is 11.5 Å². The molecule has 0 radical (unpaired) electrons. The molecule has 2 aliphatic rings. The Bertz CT molecular complexity index is 1170. The van der Waals surface area contributed by atoms with Crippen LogP contribution in [0.2, 0.25) is 0 Å². The molecule has 5 heteroatoms. The lowest BCUT2D eigenvalue weighted by atomic mass is 9.99. The number of fused-ring (bicyclic) bond motifs is 3. The van der Waals surface area contributed by atoms with Crippen molar-refractivity contribution in [3.8, 4) is 11.5 Å². The van der Waals surface area contributed by atoms with Crippen LogP contribution < -0.4 is 14.8 Å². The summed E-state index contributed by atoms with van der Waals surface area (Å²) in [7, 11) is 3.29. The van der Waals surface area contributed by atoms with Crippen LogP contribution in [0, 0.1) is 0 Å². The van der Waals surface area contributed by atoms with E-state index in [9.17, 15) is 4.79 Å². The third-order valence-corrected chi connectivity index (χ3v) is 6.66. The van der Waals surface area contributed by atoms with E-state index in [-0.39, 0.29) is 11.0 Å². The molecule has 4 nitrogen and oxygen atoms in total. The van der Waals surface area contributed by atoms with Crippen LogP contribution in [0.25, 0.3) is 5.70 Å². The maximum Gasteiger partial charge on any atom is 0.193 e. The molecule has 1 N–H and O–H groups in total. The van der Waals surface area contributed by atoms with Gasteiger partial charge in [0.25, 0.3) is 0 Å². The molecule has 5 rings (SSSR count). The maximum atomic E-state index is 13.5. The summed E-state index contributed by atoms with van der Waals surface area (Å²) < 4.78 is 11.1. The Balaban J connectivity index is 1.77. The number of thioether (sulfide) groups is 1. The Morgan fingerprint density at radius 2 is 1.66 bits per heavy atom. The molecule has 1 aliphatic carbocycles. The number of carbonyl (C=O) groups is 1. The minimum atomic E-state index is -0.230. The van der Waals surface area contributed by atoms with Gasteiger partial charge in [-0.1, -0.05) is 36.4 Å². The molecule has 0 spiro atoms. The number of anilines is 1. The summed E-state index contributed by atoms with van der Waals surface area (Å²) in [5.74, 6) is 1.52. The van der Waals surface area contributed by atoms with Crippen LogP contribution in [0.4, 0.5) is 5.69 Å². The smallest absolute Gasteiger partial charge is 0.193 e. The van der Waals surface area contributed by atoms with Gasteiger partial charge in [-0.25, -0.2) is 0 Å². The van der Waals surface area contributed by atoms with Gasteiger partial charge < -0.3 is 14.8 Å². The summed E-state index contributed by atoms with van der Waals surface area (Å²) in [6.45, 7) is 0. The highest BCUT2D eigenvalue weighted by Crippen LogP contribution is 2.54. The molecule has 144 valence electrons. The van der Waals surface area contributed by atoms with Gasteiger partial charge in [-0.3, -0.25) is 4.79 Å². The summed E-state index contributed by atoms with van der Waals surface area (Å²) >= 11 is 1.65. The summed E-state index contributed by atoms with van der Waals surface area (Å²) in [4.78, 5) is 14.6. The van der Waals surface area contributed by atoms with E-state index >= 15 is 0 Å². The lowest BCUT2D eigenvalue weighted by molar-refractivity contribution is 0.103. The summed E-state index contributed by atoms with van der Waals surface area (Å²) in [5, 5.41) is 3.31. The van der Waals surface area contributed by atoms with Crippen LogP contribution in [-0.4, -0.2) is 20.0 Å². The second kappa shape index (κ2) is 7.01. The zero-order valence-corrected chi connectivity index (χ0v) is 16.9. The number of rotatable bonds is 3. The van der Waals surface area contributed by atoms with Gasteiger partial charge in [0.15, 0.2) is 5.78 Å². The average molecular weight is 401 g/mol. The molecule has 1 atom stereocenters. The number of para-hydroxylation sites is 1. The Morgan fingerprint density at radius 3 is 2.45 bits per heavy atom. The van der Waals surface area contributed by atoms with Crippen LogP contribution >= 0.6 is 11.8 Å². The fourth-order valence-corrected chi connectivity index (χ4v) is 5.26. The second-order valence-corrected chi connectivity index (χ2v) is 8.04. The number of hydrogen-bond donors (Lipinski definition) is 1. The molecule has 3 aromatic carbocycles. The first-order chi connectivity index (χ1) is 14.2. The normalized spacial score (nSPS) is 17.0. The van der Waals surface area contributed by atoms with E-state index < -0.39 is 0 Å². The Kier molecular flexibility index (Phi) is 4.32. The Labute approximate surface area is 173 Å². The second-order valence-electron chi connectivity index (χ2n) is 6.89. The molecule has 29 heavy (non-hydrogen) atoms. The van der Waals surface area contributed by atoms with E-state index in [1.807, 2.05) is 60.7 Å². The van der Waals surface area contributed by atoms with Crippen molar-refractivity contribution in [2.24, 2.45) is 0 Å². The van der Waals surface area contributed by atoms with Gasteiger partial charge >= 0.3 is 0 Å². The number of ether oxygens (including phenoxy) is 2. The maximum absolute atomic E-state index is 13.5. The van der Waals surface area contributed by atoms with Crippen molar-refractivity contribution < 1.29 is 14.3 Å². The number of Topliss-reactive ketones (excluding diaryl/α,β-unsaturated/α-hetero) is 1. The van der Waals surface area contributed by atoms with Gasteiger partial charge in [-0.05, 0) is 30.3 Å². The predicted molar refractivity (Wildman–Crippen MR) is 116 cm³/mol. The van der Waals surface area contributed by atoms with Crippen molar-refractivity contribution in [1.82, 2.24) is 0 Å². The highest BCUT2D eigenvalue weighted by Gasteiger charge is 2.39. The minimum absolute atomic E-state index is 0.0540. The molecule has 1 unspecified atom stereocenters. The average Bonchev–Trinajstić information content (AvgIpc) is 2.93. The van der Waals surface area contributed by atoms with Crippen LogP contribution in [-0.2, 0) is 0 Å². The zero-order valence-electron chi connectivity index (χ0n) is 16.1. The van der Waals surface area contributed by atoms with E-state index in [0.717, 1.165) is 50.0 Å². The minimum Gasteiger partial charge on any atom is -0.497 e. The van der Waals surface area contributed by atoms with Gasteiger partial charge in [0, 0.05) is 27.2 Å².